The Hall–Kier alpha value is -0.0900. The van der Waals surface area contributed by atoms with E-state index in [0.717, 1.165) is 19.5 Å². The highest BCUT2D eigenvalue weighted by Gasteiger charge is 2.33. The second-order valence-corrected chi connectivity index (χ2v) is 8.10. The molecule has 1 heterocycles. The molecule has 0 N–H and O–H groups in total. The van der Waals surface area contributed by atoms with Gasteiger partial charge >= 0.3 is 0 Å². The van der Waals surface area contributed by atoms with Crippen LogP contribution in [0.5, 0.6) is 0 Å². The van der Waals surface area contributed by atoms with E-state index < -0.39 is 9.84 Å². The van der Waals surface area contributed by atoms with Crippen LogP contribution in [0, 0.1) is 0 Å². The Morgan fingerprint density at radius 3 is 2.17 bits per heavy atom. The van der Waals surface area contributed by atoms with Crippen molar-refractivity contribution in [1.29, 1.82) is 0 Å². The lowest BCUT2D eigenvalue weighted by molar-refractivity contribution is 0.0971. The van der Waals surface area contributed by atoms with Crippen molar-refractivity contribution < 1.29 is 8.42 Å². The van der Waals surface area contributed by atoms with Gasteiger partial charge in [0.1, 0.15) is 0 Å². The topological polar surface area (TPSA) is 37.4 Å². The molecule has 0 aliphatic carbocycles. The normalized spacial score (nSPS) is 23.7. The molecule has 0 radical (unpaired) electrons. The van der Waals surface area contributed by atoms with Gasteiger partial charge in [-0.2, -0.15) is 0 Å². The summed E-state index contributed by atoms with van der Waals surface area (Å²) >= 11 is 0. The van der Waals surface area contributed by atoms with Gasteiger partial charge in [0.25, 0.3) is 0 Å². The molecule has 1 aliphatic heterocycles. The smallest absolute Gasteiger partial charge is 0.152 e. The molecule has 1 unspecified atom stereocenters. The minimum absolute atomic E-state index is 0.198. The molecule has 0 aromatic heterocycles. The molecule has 1 atom stereocenters. The summed E-state index contributed by atoms with van der Waals surface area (Å²) in [6.45, 7) is 8.20. The predicted molar refractivity (Wildman–Crippen MR) is 77.7 cm³/mol. The maximum Gasteiger partial charge on any atom is 0.152 e. The molecule has 108 valence electrons. The predicted octanol–water partition coefficient (Wildman–Crippen LogP) is 2.86. The largest absolute Gasteiger partial charge is 0.296 e. The van der Waals surface area contributed by atoms with Crippen LogP contribution in [-0.4, -0.2) is 43.5 Å². The third-order valence-corrected chi connectivity index (χ3v) is 6.05. The third kappa shape index (κ3) is 4.54. The number of unbranched alkanes of at least 4 members (excludes halogenated alkanes) is 3. The second kappa shape index (κ2) is 6.90. The molecular formula is C14H29NO2S. The van der Waals surface area contributed by atoms with Crippen molar-refractivity contribution in [2.45, 2.75) is 64.8 Å². The molecule has 0 spiro atoms. The van der Waals surface area contributed by atoms with Crippen molar-refractivity contribution >= 4 is 9.84 Å². The van der Waals surface area contributed by atoms with Crippen molar-refractivity contribution in [3.63, 3.8) is 0 Å². The molecule has 0 aromatic carbocycles. The first-order valence-corrected chi connectivity index (χ1v) is 9.21. The lowest BCUT2D eigenvalue weighted by Crippen LogP contribution is -2.52. The fourth-order valence-corrected chi connectivity index (χ4v) is 3.94. The Bertz CT molecular complexity index is 326. The first-order valence-electron chi connectivity index (χ1n) is 7.39. The summed E-state index contributed by atoms with van der Waals surface area (Å²) in [5, 5.41) is 0. The van der Waals surface area contributed by atoms with Gasteiger partial charge in [0.05, 0.1) is 11.5 Å². The molecule has 0 bridgehead atoms. The Balaban J connectivity index is 2.48. The summed E-state index contributed by atoms with van der Waals surface area (Å²) < 4.78 is 23.0. The number of hydrogen-bond acceptors (Lipinski definition) is 3. The monoisotopic (exact) mass is 275 g/mol. The number of sulfone groups is 1. The molecule has 1 fully saturated rings. The van der Waals surface area contributed by atoms with Gasteiger partial charge in [-0.15, -0.1) is 0 Å². The second-order valence-electron chi connectivity index (χ2n) is 5.80. The molecule has 4 heteroatoms. The van der Waals surface area contributed by atoms with Gasteiger partial charge < -0.3 is 0 Å². The molecule has 0 amide bonds. The number of nitrogens with zero attached hydrogens (tertiary/aromatic N) is 1. The van der Waals surface area contributed by atoms with Gasteiger partial charge in [-0.3, -0.25) is 4.90 Å². The van der Waals surface area contributed by atoms with E-state index in [1.807, 2.05) is 0 Å². The minimum Gasteiger partial charge on any atom is -0.296 e. The zero-order chi connectivity index (χ0) is 13.6. The molecule has 0 saturated carbocycles. The summed E-state index contributed by atoms with van der Waals surface area (Å²) in [7, 11) is -2.75. The molecule has 1 saturated heterocycles. The SMILES string of the molecule is CCCCCCC(C)(CC)N1CCS(=O)(=O)CC1. The van der Waals surface area contributed by atoms with Crippen LogP contribution in [0.1, 0.15) is 59.3 Å². The van der Waals surface area contributed by atoms with E-state index in [1.165, 1.54) is 32.1 Å². The van der Waals surface area contributed by atoms with Crippen LogP contribution in [-0.2, 0) is 9.84 Å². The molecule has 0 aromatic rings. The van der Waals surface area contributed by atoms with Gasteiger partial charge in [0.15, 0.2) is 9.84 Å². The quantitative estimate of drug-likeness (QED) is 0.671. The maximum absolute atomic E-state index is 11.5. The van der Waals surface area contributed by atoms with E-state index in [2.05, 4.69) is 25.7 Å². The van der Waals surface area contributed by atoms with Crippen LogP contribution < -0.4 is 0 Å². The average molecular weight is 275 g/mol. The van der Waals surface area contributed by atoms with E-state index in [0.29, 0.717) is 11.5 Å². The van der Waals surface area contributed by atoms with E-state index >= 15 is 0 Å². The van der Waals surface area contributed by atoms with Crippen LogP contribution in [0.25, 0.3) is 0 Å². The average Bonchev–Trinajstić information content (AvgIpc) is 2.34. The van der Waals surface area contributed by atoms with Crippen molar-refractivity contribution in [2.75, 3.05) is 24.6 Å². The summed E-state index contributed by atoms with van der Waals surface area (Å²) in [4.78, 5) is 2.40. The van der Waals surface area contributed by atoms with Crippen molar-refractivity contribution in [3.05, 3.63) is 0 Å². The van der Waals surface area contributed by atoms with Gasteiger partial charge in [0.2, 0.25) is 0 Å². The molecule has 1 rings (SSSR count). The summed E-state index contributed by atoms with van der Waals surface area (Å²) in [6, 6.07) is 0. The minimum atomic E-state index is -2.75. The first-order chi connectivity index (χ1) is 8.43. The van der Waals surface area contributed by atoms with Crippen LogP contribution in [0.15, 0.2) is 0 Å². The van der Waals surface area contributed by atoms with Gasteiger partial charge in [-0.1, -0.05) is 39.5 Å². The summed E-state index contributed by atoms with van der Waals surface area (Å²) in [6.07, 6.45) is 7.46. The van der Waals surface area contributed by atoms with Crippen LogP contribution in [0.2, 0.25) is 0 Å². The summed E-state index contributed by atoms with van der Waals surface area (Å²) in [5.74, 6) is 0.690. The van der Waals surface area contributed by atoms with Crippen molar-refractivity contribution in [1.82, 2.24) is 4.90 Å². The van der Waals surface area contributed by atoms with Gasteiger partial charge in [-0.05, 0) is 19.8 Å². The standard InChI is InChI=1S/C14H29NO2S/c1-4-6-7-8-9-14(3,5-2)15-10-12-18(16,17)13-11-15/h4-13H2,1-3H3. The van der Waals surface area contributed by atoms with Crippen molar-refractivity contribution in [2.24, 2.45) is 0 Å². The third-order valence-electron chi connectivity index (χ3n) is 4.44. The highest BCUT2D eigenvalue weighted by Crippen LogP contribution is 2.27. The Kier molecular flexibility index (Phi) is 6.12. The maximum atomic E-state index is 11.5. The fourth-order valence-electron chi connectivity index (χ4n) is 2.74. The van der Waals surface area contributed by atoms with E-state index in [4.69, 9.17) is 0 Å². The van der Waals surface area contributed by atoms with E-state index in [9.17, 15) is 8.42 Å². The Labute approximate surface area is 113 Å². The number of rotatable bonds is 7. The summed E-state index contributed by atoms with van der Waals surface area (Å²) in [5.41, 5.74) is 0.198. The number of hydrogen-bond donors (Lipinski definition) is 0. The lowest BCUT2D eigenvalue weighted by Gasteiger charge is -2.43. The van der Waals surface area contributed by atoms with Crippen LogP contribution in [0.3, 0.4) is 0 Å². The van der Waals surface area contributed by atoms with Gasteiger partial charge in [-0.25, -0.2) is 8.42 Å². The zero-order valence-electron chi connectivity index (χ0n) is 12.2. The van der Waals surface area contributed by atoms with Crippen molar-refractivity contribution in [3.8, 4) is 0 Å². The molecule has 1 aliphatic rings. The lowest BCUT2D eigenvalue weighted by atomic mass is 9.89. The molecular weight excluding hydrogens is 246 g/mol. The van der Waals surface area contributed by atoms with E-state index in [1.54, 1.807) is 0 Å². The first kappa shape index (κ1) is 16.0. The van der Waals surface area contributed by atoms with Crippen LogP contribution in [0.4, 0.5) is 0 Å². The van der Waals surface area contributed by atoms with Crippen LogP contribution >= 0.6 is 0 Å². The molecule has 3 nitrogen and oxygen atoms in total. The van der Waals surface area contributed by atoms with E-state index in [-0.39, 0.29) is 5.54 Å². The Morgan fingerprint density at radius 1 is 1.06 bits per heavy atom. The highest BCUT2D eigenvalue weighted by molar-refractivity contribution is 7.91. The zero-order valence-corrected chi connectivity index (χ0v) is 13.1. The Morgan fingerprint density at radius 2 is 1.67 bits per heavy atom. The molecule has 18 heavy (non-hydrogen) atoms. The highest BCUT2D eigenvalue weighted by atomic mass is 32.2. The fraction of sp³-hybridized carbons (Fsp3) is 1.00. The van der Waals surface area contributed by atoms with Gasteiger partial charge in [0, 0.05) is 18.6 Å².